The Labute approximate surface area is 225 Å². The van der Waals surface area contributed by atoms with E-state index in [1.165, 1.54) is 13.3 Å². The minimum atomic E-state index is -0.639. The van der Waals surface area contributed by atoms with Gasteiger partial charge in [-0.15, -0.1) is 0 Å². The summed E-state index contributed by atoms with van der Waals surface area (Å²) in [5, 5.41) is 19.1. The van der Waals surface area contributed by atoms with Crippen LogP contribution in [-0.4, -0.2) is 50.1 Å². The zero-order valence-electron chi connectivity index (χ0n) is 21.1. The minimum absolute atomic E-state index is 0.177. The van der Waals surface area contributed by atoms with Crippen LogP contribution in [0.15, 0.2) is 58.8 Å². The molecule has 1 aliphatic heterocycles. The van der Waals surface area contributed by atoms with Gasteiger partial charge in [0, 0.05) is 16.8 Å². The molecule has 0 spiro atoms. The van der Waals surface area contributed by atoms with Gasteiger partial charge in [-0.05, 0) is 44.3 Å². The Balaban J connectivity index is 1.72. The maximum atomic E-state index is 12.7. The smallest absolute Gasteiger partial charge is 0.338 e. The van der Waals surface area contributed by atoms with Crippen molar-refractivity contribution in [3.8, 4) is 23.3 Å². The number of amides is 1. The molecule has 1 amide bonds. The van der Waals surface area contributed by atoms with E-state index < -0.39 is 17.9 Å². The minimum Gasteiger partial charge on any atom is -0.493 e. The Kier molecular flexibility index (Phi) is 10.0. The average molecular weight is 538 g/mol. The second-order valence-electron chi connectivity index (χ2n) is 7.74. The number of carbonyl (C=O) groups is 2. The van der Waals surface area contributed by atoms with Gasteiger partial charge in [-0.25, -0.2) is 10.2 Å². The van der Waals surface area contributed by atoms with Crippen molar-refractivity contribution in [3.63, 3.8) is 0 Å². The van der Waals surface area contributed by atoms with Gasteiger partial charge in [0.15, 0.2) is 29.8 Å². The van der Waals surface area contributed by atoms with Gasteiger partial charge in [0.05, 0.1) is 31.5 Å². The molecule has 0 aromatic heterocycles. The molecule has 1 atom stereocenters. The summed E-state index contributed by atoms with van der Waals surface area (Å²) in [4.78, 5) is 25.1. The van der Waals surface area contributed by atoms with Crippen LogP contribution < -0.4 is 30.3 Å². The van der Waals surface area contributed by atoms with E-state index in [4.69, 9.17) is 36.4 Å². The molecule has 0 saturated heterocycles. The maximum Gasteiger partial charge on any atom is 0.338 e. The van der Waals surface area contributed by atoms with E-state index in [0.29, 0.717) is 44.8 Å². The molecule has 38 heavy (non-hydrogen) atoms. The van der Waals surface area contributed by atoms with E-state index in [1.54, 1.807) is 56.3 Å². The molecule has 3 rings (SSSR count). The number of nitrogens with zero attached hydrogens (tertiary/aromatic N) is 2. The van der Waals surface area contributed by atoms with Gasteiger partial charge in [0.1, 0.15) is 11.8 Å². The molecule has 0 fully saturated rings. The fourth-order valence-corrected chi connectivity index (χ4v) is 3.93. The third-order valence-electron chi connectivity index (χ3n) is 5.26. The Morgan fingerprint density at radius 1 is 1.18 bits per heavy atom. The van der Waals surface area contributed by atoms with Crippen LogP contribution in [0.4, 0.5) is 0 Å². The number of hydrogen-bond acceptors (Lipinski definition) is 9. The Hall–Kier alpha value is -4.63. The third-order valence-corrected chi connectivity index (χ3v) is 5.48. The lowest BCUT2D eigenvalue weighted by molar-refractivity contribution is -0.139. The van der Waals surface area contributed by atoms with Gasteiger partial charge in [0.2, 0.25) is 0 Å². The van der Waals surface area contributed by atoms with Crippen molar-refractivity contribution in [2.24, 2.45) is 5.10 Å². The number of hydrazone groups is 1. The molecular formula is C26H27N5O6S. The Morgan fingerprint density at radius 3 is 2.68 bits per heavy atom. The summed E-state index contributed by atoms with van der Waals surface area (Å²) in [6, 6.07) is 13.4. The van der Waals surface area contributed by atoms with Gasteiger partial charge in [0.25, 0.3) is 5.91 Å². The van der Waals surface area contributed by atoms with Crippen LogP contribution in [0, 0.1) is 11.3 Å². The molecule has 12 heteroatoms. The molecular weight excluding hydrogens is 510 g/mol. The van der Waals surface area contributed by atoms with Crippen molar-refractivity contribution in [1.82, 2.24) is 16.1 Å². The first-order valence-corrected chi connectivity index (χ1v) is 12.0. The van der Waals surface area contributed by atoms with Gasteiger partial charge in [-0.2, -0.15) is 10.4 Å². The molecule has 1 aliphatic rings. The zero-order chi connectivity index (χ0) is 27.5. The highest BCUT2D eigenvalue weighted by atomic mass is 32.1. The zero-order valence-corrected chi connectivity index (χ0v) is 21.9. The van der Waals surface area contributed by atoms with Gasteiger partial charge in [-0.1, -0.05) is 24.3 Å². The van der Waals surface area contributed by atoms with Crippen molar-refractivity contribution in [1.29, 1.82) is 5.26 Å². The number of carbonyl (C=O) groups excluding carboxylic acids is 2. The number of nitrogens with one attached hydrogen (secondary N) is 3. The number of benzene rings is 2. The largest absolute Gasteiger partial charge is 0.493 e. The lowest BCUT2D eigenvalue weighted by atomic mass is 9.95. The van der Waals surface area contributed by atoms with E-state index in [9.17, 15) is 9.59 Å². The van der Waals surface area contributed by atoms with E-state index in [1.807, 2.05) is 6.07 Å². The highest BCUT2D eigenvalue weighted by Crippen LogP contribution is 2.33. The number of ether oxygens (including phenoxy) is 4. The maximum absolute atomic E-state index is 12.7. The van der Waals surface area contributed by atoms with Crippen molar-refractivity contribution in [2.45, 2.75) is 19.9 Å². The number of nitriles is 1. The second-order valence-corrected chi connectivity index (χ2v) is 8.14. The van der Waals surface area contributed by atoms with E-state index in [-0.39, 0.29) is 19.8 Å². The molecule has 0 aliphatic carbocycles. The lowest BCUT2D eigenvalue weighted by Crippen LogP contribution is -2.45. The molecule has 1 heterocycles. The molecule has 0 radical (unpaired) electrons. The van der Waals surface area contributed by atoms with Crippen LogP contribution in [0.5, 0.6) is 17.2 Å². The summed E-state index contributed by atoms with van der Waals surface area (Å²) in [5.74, 6) is 0.115. The van der Waals surface area contributed by atoms with Gasteiger partial charge < -0.3 is 29.6 Å². The number of para-hydroxylation sites is 2. The summed E-state index contributed by atoms with van der Waals surface area (Å²) in [5.41, 5.74) is 4.43. The molecule has 11 nitrogen and oxygen atoms in total. The SMILES string of the molecule is CCOC(=O)C1=C(C)NC(=S)N[C@@H]1c1ccccc1OCC(=O)NN=Cc1cccc(OC)c1OCC#N. The summed E-state index contributed by atoms with van der Waals surface area (Å²) in [6.07, 6.45) is 1.38. The molecule has 0 unspecified atom stereocenters. The number of methoxy groups -OCH3 is 1. The summed E-state index contributed by atoms with van der Waals surface area (Å²) >= 11 is 5.29. The number of thiocarbonyl (C=S) groups is 1. The number of hydrogen-bond donors (Lipinski definition) is 3. The first kappa shape index (κ1) is 27.9. The summed E-state index contributed by atoms with van der Waals surface area (Å²) in [7, 11) is 1.48. The molecule has 0 bridgehead atoms. The molecule has 198 valence electrons. The van der Waals surface area contributed by atoms with E-state index in [2.05, 4.69) is 21.2 Å². The van der Waals surface area contributed by atoms with Crippen molar-refractivity contribution >= 4 is 35.4 Å². The van der Waals surface area contributed by atoms with Crippen LogP contribution >= 0.6 is 12.2 Å². The monoisotopic (exact) mass is 537 g/mol. The highest BCUT2D eigenvalue weighted by molar-refractivity contribution is 7.80. The third kappa shape index (κ3) is 6.98. The highest BCUT2D eigenvalue weighted by Gasteiger charge is 2.32. The Morgan fingerprint density at radius 2 is 1.95 bits per heavy atom. The summed E-state index contributed by atoms with van der Waals surface area (Å²) < 4.78 is 21.7. The van der Waals surface area contributed by atoms with Crippen molar-refractivity contribution < 1.29 is 28.5 Å². The fraction of sp³-hybridized carbons (Fsp3) is 0.269. The first-order valence-electron chi connectivity index (χ1n) is 11.5. The standard InChI is InChI=1S/C26H27N5O6S/c1-4-35-25(33)22-16(2)29-26(38)30-23(22)18-9-5-6-10-19(18)37-15-21(32)31-28-14-17-8-7-11-20(34-3)24(17)36-13-12-27/h5-11,14,23H,4,13,15H2,1-3H3,(H,31,32)(H2,29,30,38)/t23-/m1/s1. The van der Waals surface area contributed by atoms with Crippen LogP contribution in [0.1, 0.15) is 31.0 Å². The topological polar surface area (TPSA) is 143 Å². The predicted octanol–water partition coefficient (Wildman–Crippen LogP) is 2.48. The quantitative estimate of drug-likeness (QED) is 0.169. The fourth-order valence-electron chi connectivity index (χ4n) is 3.66. The van der Waals surface area contributed by atoms with Crippen LogP contribution in [0.2, 0.25) is 0 Å². The number of esters is 1. The summed E-state index contributed by atoms with van der Waals surface area (Å²) in [6.45, 7) is 3.15. The van der Waals surface area contributed by atoms with Crippen LogP contribution in [0.25, 0.3) is 0 Å². The lowest BCUT2D eigenvalue weighted by Gasteiger charge is -2.30. The first-order chi connectivity index (χ1) is 18.4. The van der Waals surface area contributed by atoms with E-state index in [0.717, 1.165) is 0 Å². The van der Waals surface area contributed by atoms with Crippen molar-refractivity contribution in [3.05, 3.63) is 64.9 Å². The Bertz CT molecular complexity index is 1300. The van der Waals surface area contributed by atoms with Gasteiger partial charge >= 0.3 is 5.97 Å². The van der Waals surface area contributed by atoms with Crippen molar-refractivity contribution in [2.75, 3.05) is 26.9 Å². The molecule has 2 aromatic rings. The predicted molar refractivity (Wildman–Crippen MR) is 143 cm³/mol. The van der Waals surface area contributed by atoms with Crippen LogP contribution in [-0.2, 0) is 14.3 Å². The molecule has 3 N–H and O–H groups in total. The number of rotatable bonds is 11. The molecule has 2 aromatic carbocycles. The van der Waals surface area contributed by atoms with E-state index >= 15 is 0 Å². The number of allylic oxidation sites excluding steroid dienone is 1. The molecule has 0 saturated carbocycles. The normalized spacial score (nSPS) is 14.7. The van der Waals surface area contributed by atoms with Crippen LogP contribution in [0.3, 0.4) is 0 Å². The average Bonchev–Trinajstić information content (AvgIpc) is 2.90. The van der Waals surface area contributed by atoms with Gasteiger partial charge in [-0.3, -0.25) is 4.79 Å². The second kappa shape index (κ2) is 13.6.